The van der Waals surface area contributed by atoms with Crippen molar-refractivity contribution in [1.82, 2.24) is 0 Å². The van der Waals surface area contributed by atoms with E-state index in [0.29, 0.717) is 23.6 Å². The third-order valence-corrected chi connectivity index (χ3v) is 4.27. The standard InChI is InChI=1S/C17H21NO3S/c1-20-13-9-10-16(21-2)15(12-13)18-17(19)8-4-3-6-14-7-5-11-22-14/h5,7,9-12H,3-4,6,8H2,1-2H3,(H,18,19). The van der Waals surface area contributed by atoms with Gasteiger partial charge in [-0.3, -0.25) is 4.79 Å². The lowest BCUT2D eigenvalue weighted by atomic mass is 10.1. The highest BCUT2D eigenvalue weighted by molar-refractivity contribution is 7.09. The van der Waals surface area contributed by atoms with E-state index < -0.39 is 0 Å². The van der Waals surface area contributed by atoms with E-state index in [2.05, 4.69) is 22.8 Å². The Morgan fingerprint density at radius 3 is 2.73 bits per heavy atom. The highest BCUT2D eigenvalue weighted by atomic mass is 32.1. The smallest absolute Gasteiger partial charge is 0.224 e. The summed E-state index contributed by atoms with van der Waals surface area (Å²) in [6.45, 7) is 0. The van der Waals surface area contributed by atoms with Gasteiger partial charge in [0.25, 0.3) is 0 Å². The Morgan fingerprint density at radius 2 is 2.05 bits per heavy atom. The van der Waals surface area contributed by atoms with Gasteiger partial charge in [-0.15, -0.1) is 11.3 Å². The van der Waals surface area contributed by atoms with Crippen LogP contribution in [0.4, 0.5) is 5.69 Å². The van der Waals surface area contributed by atoms with Crippen LogP contribution in [-0.2, 0) is 11.2 Å². The van der Waals surface area contributed by atoms with Crippen molar-refractivity contribution in [1.29, 1.82) is 0 Å². The number of anilines is 1. The molecule has 0 bridgehead atoms. The molecular weight excluding hydrogens is 298 g/mol. The molecule has 0 aliphatic carbocycles. The summed E-state index contributed by atoms with van der Waals surface area (Å²) in [4.78, 5) is 13.4. The number of unbranched alkanes of at least 4 members (excludes halogenated alkanes) is 1. The Labute approximate surface area is 135 Å². The predicted octanol–water partition coefficient (Wildman–Crippen LogP) is 4.12. The third-order valence-electron chi connectivity index (χ3n) is 3.34. The van der Waals surface area contributed by atoms with Crippen molar-refractivity contribution in [3.05, 3.63) is 40.6 Å². The molecule has 0 aliphatic heterocycles. The molecule has 4 nitrogen and oxygen atoms in total. The van der Waals surface area contributed by atoms with Crippen molar-refractivity contribution in [3.63, 3.8) is 0 Å². The van der Waals surface area contributed by atoms with Gasteiger partial charge in [0, 0.05) is 17.4 Å². The molecule has 0 aliphatic rings. The number of rotatable bonds is 8. The number of thiophene rings is 1. The van der Waals surface area contributed by atoms with Crippen LogP contribution in [0.15, 0.2) is 35.7 Å². The summed E-state index contributed by atoms with van der Waals surface area (Å²) in [5.74, 6) is 1.32. The number of methoxy groups -OCH3 is 2. The van der Waals surface area contributed by atoms with Gasteiger partial charge < -0.3 is 14.8 Å². The maximum Gasteiger partial charge on any atom is 0.224 e. The molecular formula is C17H21NO3S. The number of hydrogen-bond acceptors (Lipinski definition) is 4. The van der Waals surface area contributed by atoms with E-state index >= 15 is 0 Å². The van der Waals surface area contributed by atoms with E-state index in [1.165, 1.54) is 4.88 Å². The normalized spacial score (nSPS) is 10.3. The molecule has 1 aromatic heterocycles. The zero-order valence-electron chi connectivity index (χ0n) is 12.9. The van der Waals surface area contributed by atoms with Crippen LogP contribution < -0.4 is 14.8 Å². The fraction of sp³-hybridized carbons (Fsp3) is 0.353. The number of aryl methyl sites for hydroxylation is 1. The molecule has 2 aromatic rings. The summed E-state index contributed by atoms with van der Waals surface area (Å²) in [6, 6.07) is 9.54. The van der Waals surface area contributed by atoms with Gasteiger partial charge in [0.05, 0.1) is 19.9 Å². The van der Waals surface area contributed by atoms with Crippen molar-refractivity contribution < 1.29 is 14.3 Å². The van der Waals surface area contributed by atoms with E-state index in [9.17, 15) is 4.79 Å². The summed E-state index contributed by atoms with van der Waals surface area (Å²) in [5.41, 5.74) is 0.644. The van der Waals surface area contributed by atoms with E-state index in [-0.39, 0.29) is 5.91 Å². The van der Waals surface area contributed by atoms with Gasteiger partial charge in [-0.2, -0.15) is 0 Å². The molecule has 1 amide bonds. The molecule has 0 saturated carbocycles. The van der Waals surface area contributed by atoms with Crippen molar-refractivity contribution >= 4 is 22.9 Å². The Hall–Kier alpha value is -2.01. The van der Waals surface area contributed by atoms with Gasteiger partial charge >= 0.3 is 0 Å². The molecule has 1 aromatic carbocycles. The molecule has 0 atom stereocenters. The van der Waals surface area contributed by atoms with Gasteiger partial charge in [0.2, 0.25) is 5.91 Å². The van der Waals surface area contributed by atoms with Gasteiger partial charge in [-0.1, -0.05) is 6.07 Å². The van der Waals surface area contributed by atoms with Crippen LogP contribution in [0, 0.1) is 0 Å². The quantitative estimate of drug-likeness (QED) is 0.745. The minimum Gasteiger partial charge on any atom is -0.497 e. The largest absolute Gasteiger partial charge is 0.497 e. The summed E-state index contributed by atoms with van der Waals surface area (Å²) in [6.07, 6.45) is 3.43. The van der Waals surface area contributed by atoms with E-state index in [1.807, 2.05) is 0 Å². The lowest BCUT2D eigenvalue weighted by Gasteiger charge is -2.11. The molecule has 2 rings (SSSR count). The monoisotopic (exact) mass is 319 g/mol. The van der Waals surface area contributed by atoms with Crippen molar-refractivity contribution in [2.45, 2.75) is 25.7 Å². The number of nitrogens with one attached hydrogen (secondary N) is 1. The Kier molecular flexibility index (Phi) is 6.27. The van der Waals surface area contributed by atoms with Crippen LogP contribution in [0.2, 0.25) is 0 Å². The second-order valence-corrected chi connectivity index (χ2v) is 5.93. The van der Waals surface area contributed by atoms with Crippen LogP contribution in [0.1, 0.15) is 24.1 Å². The maximum absolute atomic E-state index is 12.0. The van der Waals surface area contributed by atoms with Crippen molar-refractivity contribution in [3.8, 4) is 11.5 Å². The zero-order chi connectivity index (χ0) is 15.8. The molecule has 1 heterocycles. The molecule has 0 fully saturated rings. The topological polar surface area (TPSA) is 47.6 Å². The van der Waals surface area contributed by atoms with Crippen LogP contribution in [0.3, 0.4) is 0 Å². The van der Waals surface area contributed by atoms with Gasteiger partial charge in [0.15, 0.2) is 0 Å². The van der Waals surface area contributed by atoms with E-state index in [1.54, 1.807) is 43.8 Å². The number of hydrogen-bond donors (Lipinski definition) is 1. The van der Waals surface area contributed by atoms with Gasteiger partial charge in [-0.25, -0.2) is 0 Å². The molecule has 0 spiro atoms. The minimum atomic E-state index is -0.00210. The lowest BCUT2D eigenvalue weighted by Crippen LogP contribution is -2.12. The summed E-state index contributed by atoms with van der Waals surface area (Å²) >= 11 is 1.76. The average molecular weight is 319 g/mol. The minimum absolute atomic E-state index is 0.00210. The second-order valence-electron chi connectivity index (χ2n) is 4.90. The Bertz CT molecular complexity index is 596. The third kappa shape index (κ3) is 4.77. The first-order valence-electron chi connectivity index (χ1n) is 7.27. The van der Waals surface area contributed by atoms with Crippen LogP contribution >= 0.6 is 11.3 Å². The predicted molar refractivity (Wildman–Crippen MR) is 90.0 cm³/mol. The van der Waals surface area contributed by atoms with Crippen LogP contribution in [0.25, 0.3) is 0 Å². The Balaban J connectivity index is 1.81. The molecule has 22 heavy (non-hydrogen) atoms. The van der Waals surface area contributed by atoms with E-state index in [0.717, 1.165) is 19.3 Å². The first-order valence-corrected chi connectivity index (χ1v) is 8.15. The SMILES string of the molecule is COc1ccc(OC)c(NC(=O)CCCCc2cccs2)c1. The average Bonchev–Trinajstić information content (AvgIpc) is 3.05. The number of amides is 1. The molecule has 0 saturated heterocycles. The number of carbonyl (C=O) groups is 1. The summed E-state index contributed by atoms with van der Waals surface area (Å²) in [7, 11) is 3.18. The van der Waals surface area contributed by atoms with E-state index in [4.69, 9.17) is 9.47 Å². The number of benzene rings is 1. The summed E-state index contributed by atoms with van der Waals surface area (Å²) < 4.78 is 10.4. The maximum atomic E-state index is 12.0. The zero-order valence-corrected chi connectivity index (χ0v) is 13.7. The number of ether oxygens (including phenoxy) is 2. The van der Waals surface area contributed by atoms with Gasteiger partial charge in [-0.05, 0) is 42.8 Å². The highest BCUT2D eigenvalue weighted by Crippen LogP contribution is 2.29. The lowest BCUT2D eigenvalue weighted by molar-refractivity contribution is -0.116. The van der Waals surface area contributed by atoms with Crippen molar-refractivity contribution in [2.24, 2.45) is 0 Å². The molecule has 118 valence electrons. The fourth-order valence-corrected chi connectivity index (χ4v) is 2.92. The second kappa shape index (κ2) is 8.44. The first kappa shape index (κ1) is 16.4. The first-order chi connectivity index (χ1) is 10.7. The molecule has 0 unspecified atom stereocenters. The Morgan fingerprint density at radius 1 is 1.18 bits per heavy atom. The molecule has 0 radical (unpaired) electrons. The van der Waals surface area contributed by atoms with Crippen LogP contribution in [0.5, 0.6) is 11.5 Å². The van der Waals surface area contributed by atoms with Gasteiger partial charge in [0.1, 0.15) is 11.5 Å². The number of carbonyl (C=O) groups excluding carboxylic acids is 1. The van der Waals surface area contributed by atoms with Crippen molar-refractivity contribution in [2.75, 3.05) is 19.5 Å². The molecule has 1 N–H and O–H groups in total. The molecule has 5 heteroatoms. The van der Waals surface area contributed by atoms with Crippen LogP contribution in [-0.4, -0.2) is 20.1 Å². The fourth-order valence-electron chi connectivity index (χ4n) is 2.16. The summed E-state index contributed by atoms with van der Waals surface area (Å²) in [5, 5.41) is 4.97. The highest BCUT2D eigenvalue weighted by Gasteiger charge is 2.09.